The van der Waals surface area contributed by atoms with E-state index in [1.165, 1.54) is 0 Å². The molecule has 0 aliphatic heterocycles. The van der Waals surface area contributed by atoms with Gasteiger partial charge in [-0.25, -0.2) is 0 Å². The Morgan fingerprint density at radius 3 is 2.00 bits per heavy atom. The Kier molecular flexibility index (Phi) is 3.88. The highest BCUT2D eigenvalue weighted by Gasteiger charge is 2.37. The Bertz CT molecular complexity index is 221. The third-order valence-electron chi connectivity index (χ3n) is 2.09. The van der Waals surface area contributed by atoms with Crippen LogP contribution in [0.25, 0.3) is 0 Å². The van der Waals surface area contributed by atoms with Crippen LogP contribution in [-0.4, -0.2) is 38.2 Å². The minimum atomic E-state index is -2.00. The van der Waals surface area contributed by atoms with Crippen LogP contribution >= 0.6 is 34.8 Å². The molecule has 1 unspecified atom stereocenters. The summed E-state index contributed by atoms with van der Waals surface area (Å²) in [5.74, 6) is -0.742. The molecule has 4 nitrogen and oxygen atoms in total. The van der Waals surface area contributed by atoms with Crippen LogP contribution in [0, 0.1) is 0 Å². The molecule has 1 fully saturated rings. The normalized spacial score (nSPS) is 33.1. The fourth-order valence-corrected chi connectivity index (χ4v) is 1.54. The molecule has 3 N–H and O–H groups in total. The first kappa shape index (κ1) is 12.3. The summed E-state index contributed by atoms with van der Waals surface area (Å²) in [5, 5.41) is 20.8. The molecule has 1 amide bonds. The maximum atomic E-state index is 11.2. The summed E-state index contributed by atoms with van der Waals surface area (Å²) in [6.07, 6.45) is -1.10. The average Bonchev–Trinajstić information content (AvgIpc) is 2.29. The molecule has 0 heterocycles. The summed E-state index contributed by atoms with van der Waals surface area (Å²) in [6.45, 7) is 0. The molecular formula is C7H10Cl3NO3. The van der Waals surface area contributed by atoms with E-state index in [-0.39, 0.29) is 18.9 Å². The summed E-state index contributed by atoms with van der Waals surface area (Å²) < 4.78 is -2.00. The summed E-state index contributed by atoms with van der Waals surface area (Å²) >= 11 is 16.0. The van der Waals surface area contributed by atoms with Crippen LogP contribution in [0.1, 0.15) is 12.8 Å². The number of hydrogen-bond acceptors (Lipinski definition) is 3. The van der Waals surface area contributed by atoms with Gasteiger partial charge in [0.2, 0.25) is 0 Å². The zero-order valence-electron chi connectivity index (χ0n) is 7.08. The van der Waals surface area contributed by atoms with Crippen molar-refractivity contribution < 1.29 is 15.0 Å². The van der Waals surface area contributed by atoms with Crippen molar-refractivity contribution in [2.24, 2.45) is 0 Å². The Morgan fingerprint density at radius 2 is 1.64 bits per heavy atom. The molecule has 0 aromatic rings. The van der Waals surface area contributed by atoms with E-state index in [9.17, 15) is 15.0 Å². The molecule has 82 valence electrons. The molecule has 1 rings (SSSR count). The first-order valence-corrected chi connectivity index (χ1v) is 5.18. The monoisotopic (exact) mass is 261 g/mol. The van der Waals surface area contributed by atoms with E-state index in [1.54, 1.807) is 0 Å². The number of amides is 1. The largest absolute Gasteiger partial charge is 0.390 e. The average molecular weight is 263 g/mol. The van der Waals surface area contributed by atoms with Crippen LogP contribution < -0.4 is 5.32 Å². The van der Waals surface area contributed by atoms with Crippen molar-refractivity contribution in [2.45, 2.75) is 34.9 Å². The van der Waals surface area contributed by atoms with Crippen LogP contribution in [0.15, 0.2) is 0 Å². The van der Waals surface area contributed by atoms with Crippen LogP contribution in [-0.2, 0) is 4.79 Å². The van der Waals surface area contributed by atoms with Gasteiger partial charge < -0.3 is 15.5 Å². The van der Waals surface area contributed by atoms with Gasteiger partial charge in [0, 0.05) is 6.04 Å². The lowest BCUT2D eigenvalue weighted by molar-refractivity contribution is -0.120. The summed E-state index contributed by atoms with van der Waals surface area (Å²) in [4.78, 5) is 11.2. The van der Waals surface area contributed by atoms with Gasteiger partial charge in [-0.15, -0.1) is 0 Å². The first-order chi connectivity index (χ1) is 6.30. The van der Waals surface area contributed by atoms with Crippen molar-refractivity contribution in [3.63, 3.8) is 0 Å². The molecule has 0 aromatic carbocycles. The van der Waals surface area contributed by atoms with Crippen molar-refractivity contribution in [1.82, 2.24) is 5.32 Å². The van der Waals surface area contributed by atoms with E-state index in [0.717, 1.165) is 0 Å². The van der Waals surface area contributed by atoms with Gasteiger partial charge in [0.15, 0.2) is 0 Å². The zero-order chi connectivity index (χ0) is 10.9. The van der Waals surface area contributed by atoms with Gasteiger partial charge in [0.25, 0.3) is 9.70 Å². The van der Waals surface area contributed by atoms with Gasteiger partial charge in [-0.3, -0.25) is 4.79 Å². The number of halogens is 3. The van der Waals surface area contributed by atoms with Crippen molar-refractivity contribution in [3.05, 3.63) is 0 Å². The minimum Gasteiger partial charge on any atom is -0.390 e. The van der Waals surface area contributed by atoms with Crippen LogP contribution in [0.2, 0.25) is 0 Å². The number of aliphatic hydroxyl groups is 2. The second-order valence-corrected chi connectivity index (χ2v) is 5.56. The Balaban J connectivity index is 2.44. The molecule has 7 heteroatoms. The third kappa shape index (κ3) is 3.14. The summed E-state index contributed by atoms with van der Waals surface area (Å²) in [5.41, 5.74) is 0. The van der Waals surface area contributed by atoms with Gasteiger partial charge in [-0.05, 0) is 12.8 Å². The molecule has 0 aromatic heterocycles. The van der Waals surface area contributed by atoms with Crippen molar-refractivity contribution >= 4 is 40.7 Å². The van der Waals surface area contributed by atoms with Crippen LogP contribution in [0.4, 0.5) is 0 Å². The highest BCUT2D eigenvalue weighted by molar-refractivity contribution is 6.76. The van der Waals surface area contributed by atoms with E-state index in [4.69, 9.17) is 34.8 Å². The van der Waals surface area contributed by atoms with E-state index >= 15 is 0 Å². The number of nitrogens with one attached hydrogen (secondary N) is 1. The highest BCUT2D eigenvalue weighted by atomic mass is 35.6. The van der Waals surface area contributed by atoms with Crippen molar-refractivity contribution in [1.29, 1.82) is 0 Å². The Hall–Kier alpha value is 0.260. The van der Waals surface area contributed by atoms with Crippen LogP contribution in [0.5, 0.6) is 0 Å². The van der Waals surface area contributed by atoms with Crippen molar-refractivity contribution in [2.75, 3.05) is 0 Å². The number of carbonyl (C=O) groups is 1. The van der Waals surface area contributed by atoms with Gasteiger partial charge in [-0.2, -0.15) is 0 Å². The lowest BCUT2D eigenvalue weighted by Gasteiger charge is -2.16. The minimum absolute atomic E-state index is 0.271. The van der Waals surface area contributed by atoms with Gasteiger partial charge >= 0.3 is 0 Å². The smallest absolute Gasteiger partial charge is 0.272 e. The number of aliphatic hydroxyl groups excluding tert-OH is 2. The standard InChI is InChI=1S/C7H10Cl3NO3/c8-7(9,10)6(14)11-3-1-4(12)5(13)2-3/h3-5,12-13H,1-2H2,(H,11,14)/t3?,4-,5+. The molecule has 3 atom stereocenters. The van der Waals surface area contributed by atoms with Crippen molar-refractivity contribution in [3.8, 4) is 0 Å². The molecular weight excluding hydrogens is 252 g/mol. The molecule has 1 aliphatic carbocycles. The molecule has 0 radical (unpaired) electrons. The van der Waals surface area contributed by atoms with E-state index in [2.05, 4.69) is 5.32 Å². The zero-order valence-corrected chi connectivity index (χ0v) is 9.35. The maximum absolute atomic E-state index is 11.2. The molecule has 0 bridgehead atoms. The predicted octanol–water partition coefficient (Wildman–Crippen LogP) is 0.357. The molecule has 14 heavy (non-hydrogen) atoms. The van der Waals surface area contributed by atoms with E-state index in [0.29, 0.717) is 0 Å². The molecule has 0 spiro atoms. The molecule has 0 saturated heterocycles. The fraction of sp³-hybridized carbons (Fsp3) is 0.857. The molecule has 1 aliphatic rings. The first-order valence-electron chi connectivity index (χ1n) is 4.04. The highest BCUT2D eigenvalue weighted by Crippen LogP contribution is 2.27. The lowest BCUT2D eigenvalue weighted by atomic mass is 10.2. The van der Waals surface area contributed by atoms with Gasteiger partial charge in [0.1, 0.15) is 0 Å². The fourth-order valence-electron chi connectivity index (χ4n) is 1.38. The number of rotatable bonds is 1. The van der Waals surface area contributed by atoms with E-state index in [1.807, 2.05) is 0 Å². The SMILES string of the molecule is O=C(NC1C[C@@H](O)[C@@H](O)C1)C(Cl)(Cl)Cl. The van der Waals surface area contributed by atoms with Gasteiger partial charge in [0.05, 0.1) is 12.2 Å². The Labute approximate surface area is 96.1 Å². The lowest BCUT2D eigenvalue weighted by Crippen LogP contribution is -2.40. The quantitative estimate of drug-likeness (QED) is 0.598. The van der Waals surface area contributed by atoms with Crippen LogP contribution in [0.3, 0.4) is 0 Å². The number of hydrogen-bond donors (Lipinski definition) is 3. The second kappa shape index (κ2) is 4.41. The summed E-state index contributed by atoms with van der Waals surface area (Å²) in [7, 11) is 0. The second-order valence-electron chi connectivity index (χ2n) is 3.27. The number of carbonyl (C=O) groups excluding carboxylic acids is 1. The summed E-state index contributed by atoms with van der Waals surface area (Å²) in [6, 6.07) is -0.344. The van der Waals surface area contributed by atoms with E-state index < -0.39 is 21.9 Å². The molecule has 1 saturated carbocycles. The topological polar surface area (TPSA) is 69.6 Å². The Morgan fingerprint density at radius 1 is 1.21 bits per heavy atom. The van der Waals surface area contributed by atoms with Gasteiger partial charge in [-0.1, -0.05) is 34.8 Å². The number of alkyl halides is 3. The maximum Gasteiger partial charge on any atom is 0.272 e. The third-order valence-corrected chi connectivity index (χ3v) is 2.60. The predicted molar refractivity (Wildman–Crippen MR) is 53.5 cm³/mol.